The van der Waals surface area contributed by atoms with E-state index in [0.717, 1.165) is 11.9 Å². The predicted molar refractivity (Wildman–Crippen MR) is 115 cm³/mol. The third-order valence-electron chi connectivity index (χ3n) is 5.33. The Morgan fingerprint density at radius 2 is 1.85 bits per heavy atom. The van der Waals surface area contributed by atoms with Gasteiger partial charge in [-0.05, 0) is 31.2 Å². The van der Waals surface area contributed by atoms with Crippen LogP contribution in [-0.4, -0.2) is 71.3 Å². The van der Waals surface area contributed by atoms with Gasteiger partial charge in [-0.25, -0.2) is 4.99 Å². The Labute approximate surface area is 192 Å². The number of furan rings is 1. The molecule has 13 heteroatoms. The van der Waals surface area contributed by atoms with Gasteiger partial charge in [-0.3, -0.25) is 0 Å². The lowest BCUT2D eigenvalue weighted by Crippen LogP contribution is -2.51. The summed E-state index contributed by atoms with van der Waals surface area (Å²) in [6.07, 6.45) is -5.86. The summed E-state index contributed by atoms with van der Waals surface area (Å²) in [6, 6.07) is 5.63. The van der Waals surface area contributed by atoms with Gasteiger partial charge in [0, 0.05) is 26.2 Å². The van der Waals surface area contributed by atoms with Crippen LogP contribution in [0.2, 0.25) is 5.02 Å². The van der Waals surface area contributed by atoms with Crippen molar-refractivity contribution in [3.63, 3.8) is 0 Å². The molecule has 2 aromatic heterocycles. The maximum atomic E-state index is 12.8. The zero-order chi connectivity index (χ0) is 23.8. The van der Waals surface area contributed by atoms with Crippen molar-refractivity contribution < 1.29 is 27.4 Å². The van der Waals surface area contributed by atoms with Crippen LogP contribution in [0.5, 0.6) is 5.88 Å². The van der Waals surface area contributed by atoms with E-state index in [4.69, 9.17) is 20.8 Å². The third-order valence-corrected chi connectivity index (χ3v) is 5.62. The Balaban J connectivity index is 1.39. The second-order valence-corrected chi connectivity index (χ2v) is 7.87. The van der Waals surface area contributed by atoms with Crippen LogP contribution in [0.4, 0.5) is 19.0 Å². The van der Waals surface area contributed by atoms with Crippen molar-refractivity contribution in [2.24, 2.45) is 9.98 Å². The standard InChI is InChI=1S/C20H22ClF3N6O3/c1-12-25-18(27-19(31)30(12)11-13-3-5-15(33-13)20(22,23)24)29-9-7-28(8-10-29)16-6-4-14(21)17(26-16)32-2/h3-6,19,31H,7-11H2,1-2H3. The number of hydrogen-bond donors (Lipinski definition) is 1. The van der Waals surface area contributed by atoms with E-state index in [1.807, 2.05) is 11.0 Å². The number of nitrogens with zero attached hydrogens (tertiary/aromatic N) is 6. The minimum absolute atomic E-state index is 0.0501. The number of ether oxygens (including phenoxy) is 1. The number of methoxy groups -OCH3 is 1. The van der Waals surface area contributed by atoms with E-state index in [2.05, 4.69) is 19.9 Å². The van der Waals surface area contributed by atoms with Gasteiger partial charge in [-0.1, -0.05) is 11.6 Å². The molecular formula is C20H22ClF3N6O3. The maximum Gasteiger partial charge on any atom is 0.449 e. The number of aromatic nitrogens is 1. The molecule has 1 N–H and O–H groups in total. The molecule has 1 atom stereocenters. The molecule has 0 spiro atoms. The van der Waals surface area contributed by atoms with E-state index in [1.54, 1.807) is 13.0 Å². The summed E-state index contributed by atoms with van der Waals surface area (Å²) in [5.74, 6) is 0.846. The molecule has 2 aliphatic heterocycles. The fourth-order valence-corrected chi connectivity index (χ4v) is 3.76. The number of aliphatic hydroxyl groups excluding tert-OH is 1. The zero-order valence-electron chi connectivity index (χ0n) is 17.9. The summed E-state index contributed by atoms with van der Waals surface area (Å²) >= 11 is 6.04. The van der Waals surface area contributed by atoms with Gasteiger partial charge in [-0.2, -0.15) is 23.1 Å². The molecule has 2 aliphatic rings. The number of amidine groups is 1. The van der Waals surface area contributed by atoms with E-state index in [0.29, 0.717) is 48.9 Å². The molecule has 0 aliphatic carbocycles. The largest absolute Gasteiger partial charge is 0.480 e. The lowest BCUT2D eigenvalue weighted by molar-refractivity contribution is -0.153. The molecule has 33 heavy (non-hydrogen) atoms. The Morgan fingerprint density at radius 1 is 1.15 bits per heavy atom. The Kier molecular flexibility index (Phi) is 6.39. The summed E-state index contributed by atoms with van der Waals surface area (Å²) in [6.45, 7) is 4.01. The van der Waals surface area contributed by atoms with Gasteiger partial charge in [0.15, 0.2) is 0 Å². The molecule has 2 aromatic rings. The number of halogens is 4. The first-order valence-corrected chi connectivity index (χ1v) is 10.5. The summed E-state index contributed by atoms with van der Waals surface area (Å²) < 4.78 is 48.3. The van der Waals surface area contributed by atoms with E-state index < -0.39 is 18.3 Å². The molecule has 1 saturated heterocycles. The minimum Gasteiger partial charge on any atom is -0.480 e. The number of alkyl halides is 3. The van der Waals surface area contributed by atoms with Crippen molar-refractivity contribution in [2.45, 2.75) is 26.0 Å². The number of pyridine rings is 1. The lowest BCUT2D eigenvalue weighted by Gasteiger charge is -2.38. The summed E-state index contributed by atoms with van der Waals surface area (Å²) in [4.78, 5) is 18.5. The number of piperazine rings is 1. The molecule has 178 valence electrons. The first kappa shape index (κ1) is 23.2. The molecule has 1 unspecified atom stereocenters. The predicted octanol–water partition coefficient (Wildman–Crippen LogP) is 3.04. The van der Waals surface area contributed by atoms with Crippen LogP contribution in [0, 0.1) is 0 Å². The van der Waals surface area contributed by atoms with Gasteiger partial charge < -0.3 is 29.0 Å². The first-order chi connectivity index (χ1) is 15.7. The van der Waals surface area contributed by atoms with Crippen LogP contribution in [0.3, 0.4) is 0 Å². The van der Waals surface area contributed by atoms with Gasteiger partial charge in [0.25, 0.3) is 0 Å². The van der Waals surface area contributed by atoms with Crippen molar-refractivity contribution >= 4 is 29.2 Å². The topological polar surface area (TPSA) is 89.9 Å². The SMILES string of the molecule is COc1nc(N2CCN(C3=NC(O)N(Cc4ccc(C(F)(F)F)o4)C(C)=N3)CC2)ccc1Cl. The second-order valence-electron chi connectivity index (χ2n) is 7.46. The van der Waals surface area contributed by atoms with Crippen molar-refractivity contribution in [1.29, 1.82) is 0 Å². The molecule has 9 nitrogen and oxygen atoms in total. The van der Waals surface area contributed by atoms with Gasteiger partial charge in [0.2, 0.25) is 24.0 Å². The van der Waals surface area contributed by atoms with E-state index >= 15 is 0 Å². The molecule has 0 radical (unpaired) electrons. The molecule has 4 rings (SSSR count). The van der Waals surface area contributed by atoms with Crippen LogP contribution >= 0.6 is 11.6 Å². The fraction of sp³-hybridized carbons (Fsp3) is 0.450. The average Bonchev–Trinajstić information content (AvgIpc) is 3.26. The smallest absolute Gasteiger partial charge is 0.449 e. The summed E-state index contributed by atoms with van der Waals surface area (Å²) in [7, 11) is 1.51. The van der Waals surface area contributed by atoms with Gasteiger partial charge >= 0.3 is 6.18 Å². The monoisotopic (exact) mass is 486 g/mol. The van der Waals surface area contributed by atoms with Crippen molar-refractivity contribution in [3.8, 4) is 5.88 Å². The zero-order valence-corrected chi connectivity index (χ0v) is 18.6. The quantitative estimate of drug-likeness (QED) is 0.710. The second kappa shape index (κ2) is 9.10. The molecule has 1 fully saturated rings. The summed E-state index contributed by atoms with van der Waals surface area (Å²) in [5, 5.41) is 10.9. The lowest BCUT2D eigenvalue weighted by atomic mass is 10.3. The number of hydrogen-bond acceptors (Lipinski definition) is 9. The third kappa shape index (κ3) is 5.01. The Hall–Kier alpha value is -2.99. The highest BCUT2D eigenvalue weighted by Crippen LogP contribution is 2.31. The molecule has 4 heterocycles. The number of anilines is 1. The number of rotatable bonds is 4. The van der Waals surface area contributed by atoms with Crippen LogP contribution < -0.4 is 9.64 Å². The Morgan fingerprint density at radius 3 is 2.45 bits per heavy atom. The van der Waals surface area contributed by atoms with E-state index in [9.17, 15) is 18.3 Å². The molecule has 0 amide bonds. The van der Waals surface area contributed by atoms with Gasteiger partial charge in [-0.15, -0.1) is 0 Å². The van der Waals surface area contributed by atoms with Gasteiger partial charge in [0.05, 0.1) is 13.7 Å². The van der Waals surface area contributed by atoms with Crippen molar-refractivity contribution in [1.82, 2.24) is 14.8 Å². The highest BCUT2D eigenvalue weighted by molar-refractivity contribution is 6.31. The molecular weight excluding hydrogens is 465 g/mol. The van der Waals surface area contributed by atoms with E-state index in [1.165, 1.54) is 18.1 Å². The van der Waals surface area contributed by atoms with Crippen LogP contribution in [0.1, 0.15) is 18.4 Å². The van der Waals surface area contributed by atoms with Crippen LogP contribution in [0.15, 0.2) is 38.7 Å². The number of guanidine groups is 1. The fourth-order valence-electron chi connectivity index (χ4n) is 3.58. The highest BCUT2D eigenvalue weighted by Gasteiger charge is 2.35. The van der Waals surface area contributed by atoms with Gasteiger partial charge in [0.1, 0.15) is 22.4 Å². The number of aliphatic hydroxyl groups is 1. The molecule has 0 bridgehead atoms. The Bertz CT molecular complexity index is 1070. The highest BCUT2D eigenvalue weighted by atomic mass is 35.5. The van der Waals surface area contributed by atoms with Crippen LogP contribution in [0.25, 0.3) is 0 Å². The summed E-state index contributed by atoms with van der Waals surface area (Å²) in [5.41, 5.74) is 0. The first-order valence-electron chi connectivity index (χ1n) is 10.1. The minimum atomic E-state index is -4.57. The normalized spacial score (nSPS) is 19.5. The average molecular weight is 487 g/mol. The van der Waals surface area contributed by atoms with E-state index in [-0.39, 0.29) is 12.3 Å². The van der Waals surface area contributed by atoms with Crippen molar-refractivity contribution in [3.05, 3.63) is 40.8 Å². The van der Waals surface area contributed by atoms with Crippen LogP contribution in [-0.2, 0) is 12.7 Å². The molecule has 0 aromatic carbocycles. The molecule has 0 saturated carbocycles. The number of aliphatic imine (C=N–C) groups is 2. The maximum absolute atomic E-state index is 12.8. The van der Waals surface area contributed by atoms with Crippen molar-refractivity contribution in [2.75, 3.05) is 38.2 Å².